The first kappa shape index (κ1) is 27.7. The maximum absolute atomic E-state index is 13.5. The van der Waals surface area contributed by atoms with E-state index in [0.717, 1.165) is 36.8 Å². The summed E-state index contributed by atoms with van der Waals surface area (Å²) in [7, 11) is -3.51. The number of nitrogens with zero attached hydrogens (tertiary/aromatic N) is 2. The molecule has 0 saturated heterocycles. The summed E-state index contributed by atoms with van der Waals surface area (Å²) in [5.41, 5.74) is 2.43. The van der Waals surface area contributed by atoms with E-state index in [9.17, 15) is 18.0 Å². The molecular formula is C28H39N3O4S. The number of nitrogens with one attached hydrogen (secondary N) is 1. The molecule has 1 aliphatic carbocycles. The Bertz CT molecular complexity index is 1110. The predicted molar refractivity (Wildman–Crippen MR) is 144 cm³/mol. The Balaban J connectivity index is 1.74. The fourth-order valence-corrected chi connectivity index (χ4v) is 5.92. The SMILES string of the molecule is CCC(C(=O)NC1CCCC1)N(Cc1ccccc1)C(=O)CCCN(c1ccccc1C)S(C)(=O)=O. The van der Waals surface area contributed by atoms with E-state index < -0.39 is 16.1 Å². The van der Waals surface area contributed by atoms with Crippen LogP contribution in [-0.2, 0) is 26.2 Å². The molecule has 2 aromatic rings. The predicted octanol–water partition coefficient (Wildman–Crippen LogP) is 4.41. The molecule has 1 atom stereocenters. The molecule has 2 aromatic carbocycles. The minimum atomic E-state index is -3.51. The molecule has 3 rings (SSSR count). The molecule has 8 heteroatoms. The van der Waals surface area contributed by atoms with Gasteiger partial charge in [0.2, 0.25) is 21.8 Å². The molecule has 2 amide bonds. The first-order valence-corrected chi connectivity index (χ1v) is 14.7. The van der Waals surface area contributed by atoms with Gasteiger partial charge < -0.3 is 10.2 Å². The van der Waals surface area contributed by atoms with Crippen LogP contribution in [0.15, 0.2) is 54.6 Å². The van der Waals surface area contributed by atoms with Gasteiger partial charge in [0.1, 0.15) is 6.04 Å². The third kappa shape index (κ3) is 7.56. The molecule has 36 heavy (non-hydrogen) atoms. The van der Waals surface area contributed by atoms with E-state index in [-0.39, 0.29) is 30.8 Å². The molecule has 0 bridgehead atoms. The van der Waals surface area contributed by atoms with Crippen LogP contribution in [0.25, 0.3) is 0 Å². The highest BCUT2D eigenvalue weighted by molar-refractivity contribution is 7.92. The summed E-state index contributed by atoms with van der Waals surface area (Å²) in [6.45, 7) is 4.33. The molecule has 1 unspecified atom stereocenters. The number of carbonyl (C=O) groups excluding carboxylic acids is 2. The normalized spacial score (nSPS) is 14.9. The van der Waals surface area contributed by atoms with Gasteiger partial charge in [0.15, 0.2) is 0 Å². The minimum absolute atomic E-state index is 0.105. The lowest BCUT2D eigenvalue weighted by molar-refractivity contribution is -0.141. The Morgan fingerprint density at radius 3 is 2.28 bits per heavy atom. The van der Waals surface area contributed by atoms with Gasteiger partial charge in [0.05, 0.1) is 11.9 Å². The molecule has 0 spiro atoms. The van der Waals surface area contributed by atoms with E-state index in [1.165, 1.54) is 10.6 Å². The van der Waals surface area contributed by atoms with Gasteiger partial charge in [0, 0.05) is 25.6 Å². The third-order valence-electron chi connectivity index (χ3n) is 6.82. The lowest BCUT2D eigenvalue weighted by Gasteiger charge is -2.32. The van der Waals surface area contributed by atoms with Crippen molar-refractivity contribution in [3.05, 3.63) is 65.7 Å². The van der Waals surface area contributed by atoms with Crippen LogP contribution in [0.5, 0.6) is 0 Å². The monoisotopic (exact) mass is 513 g/mol. The smallest absolute Gasteiger partial charge is 0.243 e. The van der Waals surface area contributed by atoms with Gasteiger partial charge in [0.25, 0.3) is 0 Å². The van der Waals surface area contributed by atoms with E-state index in [1.54, 1.807) is 11.0 Å². The lowest BCUT2D eigenvalue weighted by Crippen LogP contribution is -2.51. The van der Waals surface area contributed by atoms with Gasteiger partial charge in [-0.1, -0.05) is 68.3 Å². The molecule has 0 heterocycles. The Labute approximate surface area is 215 Å². The Morgan fingerprint density at radius 2 is 1.67 bits per heavy atom. The van der Waals surface area contributed by atoms with Gasteiger partial charge >= 0.3 is 0 Å². The van der Waals surface area contributed by atoms with E-state index in [1.807, 2.05) is 62.4 Å². The summed E-state index contributed by atoms with van der Waals surface area (Å²) in [6.07, 6.45) is 6.39. The van der Waals surface area contributed by atoms with Crippen LogP contribution in [0.1, 0.15) is 63.0 Å². The number of sulfonamides is 1. The van der Waals surface area contributed by atoms with Crippen LogP contribution in [0, 0.1) is 6.92 Å². The average molecular weight is 514 g/mol. The van der Waals surface area contributed by atoms with E-state index >= 15 is 0 Å². The summed E-state index contributed by atoms with van der Waals surface area (Å²) in [6, 6.07) is 16.6. The number of hydrogen-bond donors (Lipinski definition) is 1. The minimum Gasteiger partial charge on any atom is -0.352 e. The molecule has 1 N–H and O–H groups in total. The molecule has 1 fully saturated rings. The highest BCUT2D eigenvalue weighted by Gasteiger charge is 2.30. The fourth-order valence-electron chi connectivity index (χ4n) is 4.89. The van der Waals surface area contributed by atoms with Crippen molar-refractivity contribution >= 4 is 27.5 Å². The second-order valence-corrected chi connectivity index (χ2v) is 11.6. The fraction of sp³-hybridized carbons (Fsp3) is 0.500. The molecule has 0 aromatic heterocycles. The van der Waals surface area contributed by atoms with Crippen molar-refractivity contribution in [3.8, 4) is 0 Å². The maximum Gasteiger partial charge on any atom is 0.243 e. The molecule has 196 valence electrons. The van der Waals surface area contributed by atoms with Crippen molar-refractivity contribution in [2.75, 3.05) is 17.1 Å². The average Bonchev–Trinajstić information content (AvgIpc) is 3.35. The zero-order chi connectivity index (χ0) is 26.1. The summed E-state index contributed by atoms with van der Waals surface area (Å²) < 4.78 is 26.4. The zero-order valence-corrected chi connectivity index (χ0v) is 22.5. The highest BCUT2D eigenvalue weighted by Crippen LogP contribution is 2.23. The zero-order valence-electron chi connectivity index (χ0n) is 21.7. The van der Waals surface area contributed by atoms with Crippen molar-refractivity contribution in [2.24, 2.45) is 0 Å². The van der Waals surface area contributed by atoms with Crippen LogP contribution in [0.3, 0.4) is 0 Å². The first-order valence-electron chi connectivity index (χ1n) is 12.9. The van der Waals surface area contributed by atoms with Crippen LogP contribution in [0.4, 0.5) is 5.69 Å². The number of amides is 2. The number of hydrogen-bond acceptors (Lipinski definition) is 4. The maximum atomic E-state index is 13.5. The molecule has 0 radical (unpaired) electrons. The number of aryl methyl sites for hydroxylation is 1. The van der Waals surface area contributed by atoms with Gasteiger partial charge in [-0.3, -0.25) is 13.9 Å². The Kier molecular flexibility index (Phi) is 9.93. The molecule has 0 aliphatic heterocycles. The Hall–Kier alpha value is -2.87. The quantitative estimate of drug-likeness (QED) is 0.456. The molecule has 7 nitrogen and oxygen atoms in total. The van der Waals surface area contributed by atoms with Crippen molar-refractivity contribution in [2.45, 2.75) is 77.4 Å². The van der Waals surface area contributed by atoms with Gasteiger partial charge in [-0.05, 0) is 49.8 Å². The van der Waals surface area contributed by atoms with E-state index in [2.05, 4.69) is 5.32 Å². The van der Waals surface area contributed by atoms with Crippen LogP contribution in [-0.4, -0.2) is 50.0 Å². The van der Waals surface area contributed by atoms with E-state index in [0.29, 0.717) is 25.1 Å². The van der Waals surface area contributed by atoms with Crippen LogP contribution >= 0.6 is 0 Å². The van der Waals surface area contributed by atoms with Crippen molar-refractivity contribution in [1.82, 2.24) is 10.2 Å². The topological polar surface area (TPSA) is 86.8 Å². The molecule has 1 aliphatic rings. The number of rotatable bonds is 12. The lowest BCUT2D eigenvalue weighted by atomic mass is 10.1. The van der Waals surface area contributed by atoms with Crippen molar-refractivity contribution < 1.29 is 18.0 Å². The number of carbonyl (C=O) groups is 2. The van der Waals surface area contributed by atoms with Gasteiger partial charge in [-0.15, -0.1) is 0 Å². The van der Waals surface area contributed by atoms with Gasteiger partial charge in [-0.25, -0.2) is 8.42 Å². The molecule has 1 saturated carbocycles. The van der Waals surface area contributed by atoms with Crippen LogP contribution in [0.2, 0.25) is 0 Å². The number of anilines is 1. The largest absolute Gasteiger partial charge is 0.352 e. The summed E-state index contributed by atoms with van der Waals surface area (Å²) >= 11 is 0. The standard InChI is InChI=1S/C28H39N3O4S/c1-4-25(28(33)29-24-16-9-10-17-24)30(21-23-14-6-5-7-15-23)27(32)19-12-20-31(36(3,34)35)26-18-11-8-13-22(26)2/h5-8,11,13-15,18,24-25H,4,9-10,12,16-17,19-21H2,1-3H3,(H,29,33). The van der Waals surface area contributed by atoms with E-state index in [4.69, 9.17) is 0 Å². The van der Waals surface area contributed by atoms with Crippen molar-refractivity contribution in [1.29, 1.82) is 0 Å². The van der Waals surface area contributed by atoms with Gasteiger partial charge in [-0.2, -0.15) is 0 Å². The van der Waals surface area contributed by atoms with Crippen LogP contribution < -0.4 is 9.62 Å². The number of benzene rings is 2. The van der Waals surface area contributed by atoms with Crippen molar-refractivity contribution in [3.63, 3.8) is 0 Å². The third-order valence-corrected chi connectivity index (χ3v) is 8.00. The summed E-state index contributed by atoms with van der Waals surface area (Å²) in [5, 5.41) is 3.15. The number of para-hydroxylation sites is 1. The second-order valence-electron chi connectivity index (χ2n) is 9.65. The summed E-state index contributed by atoms with van der Waals surface area (Å²) in [5.74, 6) is -0.253. The molecular weight excluding hydrogens is 474 g/mol. The highest BCUT2D eigenvalue weighted by atomic mass is 32.2. The summed E-state index contributed by atoms with van der Waals surface area (Å²) in [4.78, 5) is 28.4. The first-order chi connectivity index (χ1) is 17.2. The second kappa shape index (κ2) is 12.9. The Morgan fingerprint density at radius 1 is 1.03 bits per heavy atom.